The van der Waals surface area contributed by atoms with E-state index in [-0.39, 0.29) is 11.9 Å². The Labute approximate surface area is 142 Å². The van der Waals surface area contributed by atoms with Gasteiger partial charge in [-0.25, -0.2) is 4.98 Å². The summed E-state index contributed by atoms with van der Waals surface area (Å²) in [6.07, 6.45) is 4.53. The number of fused-ring (bicyclic) bond motifs is 1. The predicted molar refractivity (Wildman–Crippen MR) is 93.5 cm³/mol. The molecule has 8 heteroatoms. The molecule has 0 unspecified atom stereocenters. The molecule has 1 amide bonds. The minimum absolute atomic E-state index is 0.147. The van der Waals surface area contributed by atoms with Crippen LogP contribution in [0.1, 0.15) is 37.9 Å². The number of azo groups is 1. The molecule has 0 aliphatic carbocycles. The second-order valence-corrected chi connectivity index (χ2v) is 5.59. The van der Waals surface area contributed by atoms with Crippen LogP contribution < -0.4 is 11.1 Å². The number of hydrogen-bond donors (Lipinski definition) is 2. The van der Waals surface area contributed by atoms with Crippen molar-refractivity contribution in [2.75, 3.05) is 31.2 Å². The van der Waals surface area contributed by atoms with Crippen LogP contribution in [-0.4, -0.2) is 40.9 Å². The number of hydrogen-bond acceptors (Lipinski definition) is 7. The highest BCUT2D eigenvalue weighted by molar-refractivity contribution is 5.93. The summed E-state index contributed by atoms with van der Waals surface area (Å²) in [5, 5.41) is 10.9. The van der Waals surface area contributed by atoms with E-state index in [2.05, 4.69) is 32.4 Å². The van der Waals surface area contributed by atoms with Crippen LogP contribution in [0.25, 0.3) is 0 Å². The standard InChI is InChI=1S/C16H25N7O/c1-4-6-8-19-14-11-7-9-23(10-13(11)20-16(17)21-14)15(24)12(5-2)22-18-3/h5H,4,6-10H2,1-3H3,(H3,17,19,20,21)/b12-5-,22-18?. The first-order valence-electron chi connectivity index (χ1n) is 8.25. The van der Waals surface area contributed by atoms with E-state index in [0.717, 1.165) is 36.5 Å². The van der Waals surface area contributed by atoms with Gasteiger partial charge in [0.05, 0.1) is 12.2 Å². The van der Waals surface area contributed by atoms with E-state index in [1.54, 1.807) is 24.9 Å². The van der Waals surface area contributed by atoms with Crippen molar-refractivity contribution in [2.24, 2.45) is 10.2 Å². The molecule has 24 heavy (non-hydrogen) atoms. The maximum absolute atomic E-state index is 12.5. The third-order valence-electron chi connectivity index (χ3n) is 3.89. The summed E-state index contributed by atoms with van der Waals surface area (Å²) in [6, 6.07) is 0. The van der Waals surface area contributed by atoms with E-state index in [0.29, 0.717) is 25.2 Å². The van der Waals surface area contributed by atoms with Crippen LogP contribution in [0.4, 0.5) is 11.8 Å². The van der Waals surface area contributed by atoms with Crippen LogP contribution >= 0.6 is 0 Å². The topological polar surface area (TPSA) is 109 Å². The summed E-state index contributed by atoms with van der Waals surface area (Å²) < 4.78 is 0. The van der Waals surface area contributed by atoms with Gasteiger partial charge < -0.3 is 16.0 Å². The number of anilines is 2. The average Bonchev–Trinajstić information content (AvgIpc) is 2.58. The smallest absolute Gasteiger partial charge is 0.274 e. The number of nitrogen functional groups attached to an aromatic ring is 1. The van der Waals surface area contributed by atoms with Crippen molar-refractivity contribution in [3.05, 3.63) is 23.0 Å². The van der Waals surface area contributed by atoms with Crippen molar-refractivity contribution in [3.63, 3.8) is 0 Å². The summed E-state index contributed by atoms with van der Waals surface area (Å²) in [7, 11) is 1.55. The Morgan fingerprint density at radius 1 is 1.46 bits per heavy atom. The molecular weight excluding hydrogens is 306 g/mol. The number of unbranched alkanes of at least 4 members (excludes halogenated alkanes) is 1. The zero-order valence-electron chi connectivity index (χ0n) is 14.5. The molecule has 0 fully saturated rings. The molecule has 130 valence electrons. The molecule has 0 aromatic carbocycles. The highest BCUT2D eigenvalue weighted by Gasteiger charge is 2.26. The molecule has 0 radical (unpaired) electrons. The molecule has 8 nitrogen and oxygen atoms in total. The van der Waals surface area contributed by atoms with Crippen LogP contribution in [0.15, 0.2) is 22.0 Å². The quantitative estimate of drug-likeness (QED) is 0.471. The lowest BCUT2D eigenvalue weighted by molar-refractivity contribution is -0.128. The normalized spacial score (nSPS) is 14.8. The first kappa shape index (κ1) is 17.8. The third kappa shape index (κ3) is 4.06. The molecule has 0 saturated carbocycles. The van der Waals surface area contributed by atoms with Gasteiger partial charge in [-0.05, 0) is 19.8 Å². The number of aromatic nitrogens is 2. The minimum atomic E-state index is -0.147. The summed E-state index contributed by atoms with van der Waals surface area (Å²) in [4.78, 5) is 22.9. The van der Waals surface area contributed by atoms with Gasteiger partial charge in [-0.3, -0.25) is 4.79 Å². The minimum Gasteiger partial charge on any atom is -0.370 e. The number of amides is 1. The Morgan fingerprint density at radius 3 is 2.92 bits per heavy atom. The molecule has 1 aromatic heterocycles. The lowest BCUT2D eigenvalue weighted by Gasteiger charge is -2.29. The first-order valence-corrected chi connectivity index (χ1v) is 8.25. The summed E-state index contributed by atoms with van der Waals surface area (Å²) in [5.41, 5.74) is 8.01. The third-order valence-corrected chi connectivity index (χ3v) is 3.89. The molecular formula is C16H25N7O. The average molecular weight is 331 g/mol. The first-order chi connectivity index (χ1) is 11.6. The van der Waals surface area contributed by atoms with Crippen molar-refractivity contribution in [1.29, 1.82) is 0 Å². The van der Waals surface area contributed by atoms with E-state index in [1.807, 2.05) is 0 Å². The fraction of sp³-hybridized carbons (Fsp3) is 0.562. The number of allylic oxidation sites excluding steroid dienone is 1. The van der Waals surface area contributed by atoms with Crippen LogP contribution in [0.3, 0.4) is 0 Å². The SMILES string of the molecule is C/C=C(\N=NC)C(=O)N1CCc2c(nc(N)nc2NCCCC)C1. The lowest BCUT2D eigenvalue weighted by atomic mass is 10.0. The van der Waals surface area contributed by atoms with E-state index < -0.39 is 0 Å². The van der Waals surface area contributed by atoms with Gasteiger partial charge >= 0.3 is 0 Å². The maximum Gasteiger partial charge on any atom is 0.274 e. The monoisotopic (exact) mass is 331 g/mol. The van der Waals surface area contributed by atoms with Gasteiger partial charge in [0, 0.05) is 25.7 Å². The zero-order valence-corrected chi connectivity index (χ0v) is 14.5. The van der Waals surface area contributed by atoms with Crippen molar-refractivity contribution in [3.8, 4) is 0 Å². The van der Waals surface area contributed by atoms with E-state index in [9.17, 15) is 4.79 Å². The molecule has 2 rings (SSSR count). The van der Waals surface area contributed by atoms with E-state index in [1.165, 1.54) is 0 Å². The van der Waals surface area contributed by atoms with Gasteiger partial charge in [-0.15, -0.1) is 0 Å². The van der Waals surface area contributed by atoms with Crippen molar-refractivity contribution in [2.45, 2.75) is 39.7 Å². The van der Waals surface area contributed by atoms with Crippen LogP contribution in [0, 0.1) is 0 Å². The largest absolute Gasteiger partial charge is 0.370 e. The Hall–Kier alpha value is -2.51. The highest BCUT2D eigenvalue weighted by atomic mass is 16.2. The number of nitrogens with one attached hydrogen (secondary N) is 1. The van der Waals surface area contributed by atoms with Crippen LogP contribution in [-0.2, 0) is 17.8 Å². The van der Waals surface area contributed by atoms with Gasteiger partial charge in [0.25, 0.3) is 5.91 Å². The van der Waals surface area contributed by atoms with E-state index >= 15 is 0 Å². The fourth-order valence-corrected chi connectivity index (χ4v) is 2.65. The predicted octanol–water partition coefficient (Wildman–Crippen LogP) is 2.14. The number of nitrogens with zero attached hydrogens (tertiary/aromatic N) is 5. The summed E-state index contributed by atoms with van der Waals surface area (Å²) >= 11 is 0. The number of rotatable bonds is 6. The molecule has 0 saturated heterocycles. The lowest BCUT2D eigenvalue weighted by Crippen LogP contribution is -2.37. The van der Waals surface area contributed by atoms with Crippen molar-refractivity contribution < 1.29 is 4.79 Å². The number of carbonyl (C=O) groups is 1. The molecule has 0 spiro atoms. The zero-order chi connectivity index (χ0) is 17.5. The van der Waals surface area contributed by atoms with E-state index in [4.69, 9.17) is 5.73 Å². The van der Waals surface area contributed by atoms with Gasteiger partial charge in [0.1, 0.15) is 11.5 Å². The molecule has 0 atom stereocenters. The molecule has 3 N–H and O–H groups in total. The molecule has 1 aliphatic rings. The molecule has 1 aromatic rings. The molecule has 0 bridgehead atoms. The van der Waals surface area contributed by atoms with Crippen LogP contribution in [0.5, 0.6) is 0 Å². The summed E-state index contributed by atoms with van der Waals surface area (Å²) in [5.74, 6) is 0.866. The van der Waals surface area contributed by atoms with Crippen LogP contribution in [0.2, 0.25) is 0 Å². The number of nitrogens with two attached hydrogens (primary N) is 1. The van der Waals surface area contributed by atoms with Crippen molar-refractivity contribution >= 4 is 17.7 Å². The number of carbonyl (C=O) groups excluding carboxylic acids is 1. The van der Waals surface area contributed by atoms with Gasteiger partial charge in [0.2, 0.25) is 5.95 Å². The Kier molecular flexibility index (Phi) is 6.22. The highest BCUT2D eigenvalue weighted by Crippen LogP contribution is 2.25. The summed E-state index contributed by atoms with van der Waals surface area (Å²) in [6.45, 7) is 5.76. The Balaban J connectivity index is 2.20. The molecule has 2 heterocycles. The second kappa shape index (κ2) is 8.37. The van der Waals surface area contributed by atoms with Gasteiger partial charge in [-0.2, -0.15) is 15.2 Å². The molecule has 1 aliphatic heterocycles. The second-order valence-electron chi connectivity index (χ2n) is 5.59. The fourth-order valence-electron chi connectivity index (χ4n) is 2.65. The van der Waals surface area contributed by atoms with Crippen molar-refractivity contribution in [1.82, 2.24) is 14.9 Å². The Bertz CT molecular complexity index is 654. The van der Waals surface area contributed by atoms with Gasteiger partial charge in [0.15, 0.2) is 0 Å². The maximum atomic E-state index is 12.5. The Morgan fingerprint density at radius 2 is 2.25 bits per heavy atom. The van der Waals surface area contributed by atoms with Gasteiger partial charge in [-0.1, -0.05) is 19.4 Å².